The molecule has 0 saturated heterocycles. The summed E-state index contributed by atoms with van der Waals surface area (Å²) in [5, 5.41) is 13.1. The summed E-state index contributed by atoms with van der Waals surface area (Å²) in [4.78, 5) is 22.1. The molecule has 136 valence electrons. The van der Waals surface area contributed by atoms with Crippen LogP contribution in [-0.4, -0.2) is 36.4 Å². The summed E-state index contributed by atoms with van der Waals surface area (Å²) in [7, 11) is 0. The number of carboxylic acid groups (broad SMARTS) is 1. The lowest BCUT2D eigenvalue weighted by atomic mass is 10.2. The predicted molar refractivity (Wildman–Crippen MR) is 97.3 cm³/mol. The molecule has 0 radical (unpaired) electrons. The lowest BCUT2D eigenvalue weighted by molar-refractivity contribution is -0.139. The average Bonchev–Trinajstić information content (AvgIpc) is 2.60. The lowest BCUT2D eigenvalue weighted by Gasteiger charge is -2.07. The molecule has 2 rings (SSSR count). The Hall–Kier alpha value is -2.77. The molecule has 9 heteroatoms. The molecule has 0 saturated carbocycles. The van der Waals surface area contributed by atoms with Crippen molar-refractivity contribution in [2.45, 2.75) is 0 Å². The van der Waals surface area contributed by atoms with E-state index in [9.17, 15) is 9.59 Å². The van der Waals surface area contributed by atoms with Gasteiger partial charge in [-0.25, -0.2) is 10.2 Å². The molecule has 26 heavy (non-hydrogen) atoms. The number of nitrogens with zero attached hydrogens (tertiary/aromatic N) is 1. The number of rotatable bonds is 8. The van der Waals surface area contributed by atoms with E-state index in [1.54, 1.807) is 36.4 Å². The fraction of sp³-hybridized carbons (Fsp3) is 0.118. The molecule has 0 fully saturated rings. The smallest absolute Gasteiger partial charge is 0.341 e. The monoisotopic (exact) mass is 396 g/mol. The second-order valence-corrected chi connectivity index (χ2v) is 5.75. The van der Waals surface area contributed by atoms with Crippen molar-refractivity contribution >= 4 is 41.3 Å². The number of halogens is 2. The first-order valence-electron chi connectivity index (χ1n) is 7.28. The third kappa shape index (κ3) is 6.62. The number of benzene rings is 2. The number of aliphatic carboxylic acids is 1. The number of nitrogens with one attached hydrogen (secondary N) is 1. The van der Waals surface area contributed by atoms with Gasteiger partial charge in [0.05, 0.1) is 11.2 Å². The van der Waals surface area contributed by atoms with E-state index in [2.05, 4.69) is 10.5 Å². The van der Waals surface area contributed by atoms with E-state index < -0.39 is 18.5 Å². The zero-order valence-corrected chi connectivity index (χ0v) is 14.8. The molecule has 0 spiro atoms. The number of carbonyl (C=O) groups is 2. The molecule has 7 nitrogen and oxygen atoms in total. The molecule has 0 heterocycles. The molecule has 1 amide bonds. The van der Waals surface area contributed by atoms with Crippen molar-refractivity contribution in [1.29, 1.82) is 0 Å². The zero-order valence-electron chi connectivity index (χ0n) is 13.3. The Morgan fingerprint density at radius 3 is 2.46 bits per heavy atom. The average molecular weight is 397 g/mol. The van der Waals surface area contributed by atoms with Crippen molar-refractivity contribution < 1.29 is 24.2 Å². The first-order valence-corrected chi connectivity index (χ1v) is 8.04. The molecule has 0 aliphatic rings. The van der Waals surface area contributed by atoms with Gasteiger partial charge in [-0.15, -0.1) is 0 Å². The van der Waals surface area contributed by atoms with Crippen LogP contribution in [0.5, 0.6) is 11.5 Å². The van der Waals surface area contributed by atoms with Crippen LogP contribution in [0.4, 0.5) is 0 Å². The van der Waals surface area contributed by atoms with Crippen LogP contribution >= 0.6 is 23.2 Å². The maximum absolute atomic E-state index is 11.7. The summed E-state index contributed by atoms with van der Waals surface area (Å²) in [5.74, 6) is -0.761. The number of carboxylic acids is 1. The quantitative estimate of drug-likeness (QED) is 0.527. The van der Waals surface area contributed by atoms with Gasteiger partial charge in [-0.3, -0.25) is 4.79 Å². The van der Waals surface area contributed by atoms with Crippen molar-refractivity contribution in [3.8, 4) is 11.5 Å². The van der Waals surface area contributed by atoms with Crippen molar-refractivity contribution in [2.24, 2.45) is 5.10 Å². The minimum absolute atomic E-state index is 0.263. The highest BCUT2D eigenvalue weighted by molar-refractivity contribution is 6.35. The molecule has 2 aromatic rings. The van der Waals surface area contributed by atoms with Crippen molar-refractivity contribution in [3.63, 3.8) is 0 Å². The first kappa shape index (κ1) is 19.6. The number of hydrazone groups is 1. The second kappa shape index (κ2) is 9.65. The van der Waals surface area contributed by atoms with Crippen LogP contribution in [0.1, 0.15) is 5.56 Å². The van der Waals surface area contributed by atoms with Gasteiger partial charge >= 0.3 is 5.97 Å². The zero-order chi connectivity index (χ0) is 18.9. The van der Waals surface area contributed by atoms with Gasteiger partial charge in [-0.1, -0.05) is 23.2 Å². The van der Waals surface area contributed by atoms with E-state index in [-0.39, 0.29) is 6.61 Å². The van der Waals surface area contributed by atoms with Crippen molar-refractivity contribution in [2.75, 3.05) is 13.2 Å². The van der Waals surface area contributed by atoms with E-state index in [1.165, 1.54) is 12.3 Å². The number of hydrogen-bond acceptors (Lipinski definition) is 5. The molecule has 0 unspecified atom stereocenters. The summed E-state index contributed by atoms with van der Waals surface area (Å²) < 4.78 is 10.3. The number of hydrogen-bond donors (Lipinski definition) is 2. The summed E-state index contributed by atoms with van der Waals surface area (Å²) >= 11 is 11.7. The molecule has 0 aliphatic carbocycles. The lowest BCUT2D eigenvalue weighted by Crippen LogP contribution is -2.24. The van der Waals surface area contributed by atoms with Crippen LogP contribution in [0.2, 0.25) is 10.0 Å². The third-order valence-corrected chi connectivity index (χ3v) is 3.43. The Bertz CT molecular complexity index is 809. The number of ether oxygens (including phenoxy) is 2. The molecular formula is C17H14Cl2N2O5. The van der Waals surface area contributed by atoms with Gasteiger partial charge in [0.1, 0.15) is 11.5 Å². The summed E-state index contributed by atoms with van der Waals surface area (Å²) in [6.45, 7) is -0.679. The van der Waals surface area contributed by atoms with Crippen LogP contribution in [0.3, 0.4) is 0 Å². The first-order chi connectivity index (χ1) is 12.4. The standard InChI is InChI=1S/C17H14Cl2N2O5/c18-12-3-6-15(14(19)7-12)26-9-16(22)21-20-8-11-1-4-13(5-2-11)25-10-17(23)24/h1-8H,9-10H2,(H,21,22)(H,23,24)/b20-8-. The fourth-order valence-corrected chi connectivity index (χ4v) is 2.20. The van der Waals surface area contributed by atoms with E-state index in [0.717, 1.165) is 0 Å². The predicted octanol–water partition coefficient (Wildman–Crippen LogP) is 2.99. The Kier molecular flexibility index (Phi) is 7.25. The molecule has 2 N–H and O–H groups in total. The van der Waals surface area contributed by atoms with Gasteiger partial charge in [0.25, 0.3) is 5.91 Å². The van der Waals surface area contributed by atoms with E-state index >= 15 is 0 Å². The SMILES string of the molecule is O=C(O)COc1ccc(/C=N\NC(=O)COc2ccc(Cl)cc2Cl)cc1. The minimum Gasteiger partial charge on any atom is -0.482 e. The van der Waals surface area contributed by atoms with Gasteiger partial charge < -0.3 is 14.6 Å². The highest BCUT2D eigenvalue weighted by atomic mass is 35.5. The minimum atomic E-state index is -1.06. The van der Waals surface area contributed by atoms with E-state index in [0.29, 0.717) is 27.1 Å². The summed E-state index contributed by atoms with van der Waals surface area (Å²) in [6, 6.07) is 11.2. The number of carbonyl (C=O) groups excluding carboxylic acids is 1. The largest absolute Gasteiger partial charge is 0.482 e. The Morgan fingerprint density at radius 1 is 1.08 bits per heavy atom. The summed E-state index contributed by atoms with van der Waals surface area (Å²) in [5.41, 5.74) is 3.00. The topological polar surface area (TPSA) is 97.2 Å². The fourth-order valence-electron chi connectivity index (χ4n) is 1.74. The van der Waals surface area contributed by atoms with Crippen LogP contribution < -0.4 is 14.9 Å². The molecular weight excluding hydrogens is 383 g/mol. The van der Waals surface area contributed by atoms with Crippen molar-refractivity contribution in [3.05, 3.63) is 58.1 Å². The van der Waals surface area contributed by atoms with Crippen LogP contribution in [0.15, 0.2) is 47.6 Å². The van der Waals surface area contributed by atoms with Gasteiger partial charge in [-0.2, -0.15) is 5.10 Å². The van der Waals surface area contributed by atoms with Gasteiger partial charge in [0, 0.05) is 5.02 Å². The second-order valence-electron chi connectivity index (χ2n) is 4.91. The molecule has 0 atom stereocenters. The van der Waals surface area contributed by atoms with Gasteiger partial charge in [0.15, 0.2) is 13.2 Å². The third-order valence-electron chi connectivity index (χ3n) is 2.90. The molecule has 2 aromatic carbocycles. The maximum Gasteiger partial charge on any atom is 0.341 e. The van der Waals surface area contributed by atoms with Crippen molar-refractivity contribution in [1.82, 2.24) is 5.43 Å². The Balaban J connectivity index is 1.78. The van der Waals surface area contributed by atoms with Crippen LogP contribution in [-0.2, 0) is 9.59 Å². The van der Waals surface area contributed by atoms with Gasteiger partial charge in [-0.05, 0) is 48.0 Å². The van der Waals surface area contributed by atoms with E-state index in [4.69, 9.17) is 37.8 Å². The van der Waals surface area contributed by atoms with E-state index in [1.807, 2.05) is 0 Å². The number of amides is 1. The molecule has 0 aliphatic heterocycles. The molecule has 0 aromatic heterocycles. The normalized spacial score (nSPS) is 10.5. The molecule has 0 bridgehead atoms. The highest BCUT2D eigenvalue weighted by Crippen LogP contribution is 2.27. The van der Waals surface area contributed by atoms with Gasteiger partial charge in [0.2, 0.25) is 0 Å². The summed E-state index contributed by atoms with van der Waals surface area (Å²) in [6.07, 6.45) is 1.42. The van der Waals surface area contributed by atoms with Crippen LogP contribution in [0, 0.1) is 0 Å². The maximum atomic E-state index is 11.7. The Morgan fingerprint density at radius 2 is 1.81 bits per heavy atom. The Labute approximate surface area is 159 Å². The van der Waals surface area contributed by atoms with Crippen LogP contribution in [0.25, 0.3) is 0 Å². The highest BCUT2D eigenvalue weighted by Gasteiger charge is 2.05.